The van der Waals surface area contributed by atoms with Gasteiger partial charge in [-0.2, -0.15) is 0 Å². The van der Waals surface area contributed by atoms with Crippen molar-refractivity contribution in [1.82, 2.24) is 4.98 Å². The van der Waals surface area contributed by atoms with Gasteiger partial charge in [0.05, 0.1) is 23.4 Å². The summed E-state index contributed by atoms with van der Waals surface area (Å²) in [6.45, 7) is 2.62. The van der Waals surface area contributed by atoms with E-state index in [-0.39, 0.29) is 4.90 Å². The van der Waals surface area contributed by atoms with Gasteiger partial charge in [-0.15, -0.1) is 0 Å². The summed E-state index contributed by atoms with van der Waals surface area (Å²) in [4.78, 5) is 4.05. The number of nitrogens with one attached hydrogen (secondary N) is 1. The van der Waals surface area contributed by atoms with Crippen LogP contribution in [0, 0.1) is 0 Å². The number of hydrogen-bond donors (Lipinski definition) is 1. The van der Waals surface area contributed by atoms with Crippen LogP contribution in [-0.2, 0) is 10.0 Å². The first-order valence-corrected chi connectivity index (χ1v) is 7.76. The summed E-state index contributed by atoms with van der Waals surface area (Å²) in [5.74, 6) is 0.659. The first kappa shape index (κ1) is 14.3. The summed E-state index contributed by atoms with van der Waals surface area (Å²) in [7, 11) is -3.60. The Morgan fingerprint density at radius 2 is 1.95 bits per heavy atom. The SMILES string of the molecule is CCCOc1ccc(S(=O)(=O)Nc2cccnc2)cc1. The number of aromatic nitrogens is 1. The molecule has 1 N–H and O–H groups in total. The third-order valence-electron chi connectivity index (χ3n) is 2.52. The molecule has 0 bridgehead atoms. The van der Waals surface area contributed by atoms with Crippen LogP contribution >= 0.6 is 0 Å². The molecule has 0 saturated carbocycles. The number of anilines is 1. The lowest BCUT2D eigenvalue weighted by molar-refractivity contribution is 0.317. The van der Waals surface area contributed by atoms with Crippen molar-refractivity contribution in [2.24, 2.45) is 0 Å². The molecule has 0 fully saturated rings. The van der Waals surface area contributed by atoms with Crippen molar-refractivity contribution in [3.05, 3.63) is 48.8 Å². The Labute approximate surface area is 118 Å². The van der Waals surface area contributed by atoms with E-state index in [1.807, 2.05) is 6.92 Å². The third kappa shape index (κ3) is 3.71. The lowest BCUT2D eigenvalue weighted by Gasteiger charge is -2.09. The molecular formula is C14H16N2O3S. The Hall–Kier alpha value is -2.08. The van der Waals surface area contributed by atoms with Gasteiger partial charge in [0.2, 0.25) is 0 Å². The molecule has 6 heteroatoms. The summed E-state index contributed by atoms with van der Waals surface area (Å²) in [5, 5.41) is 0. The van der Waals surface area contributed by atoms with Gasteiger partial charge in [0.15, 0.2) is 0 Å². The predicted octanol–water partition coefficient (Wildman–Crippen LogP) is 2.67. The molecule has 20 heavy (non-hydrogen) atoms. The first-order valence-electron chi connectivity index (χ1n) is 6.27. The Kier molecular flexibility index (Phi) is 4.57. The normalized spacial score (nSPS) is 11.1. The second kappa shape index (κ2) is 6.38. The molecular weight excluding hydrogens is 276 g/mol. The minimum absolute atomic E-state index is 0.185. The highest BCUT2D eigenvalue weighted by Gasteiger charge is 2.14. The molecule has 2 aromatic rings. The maximum Gasteiger partial charge on any atom is 0.261 e. The van der Waals surface area contributed by atoms with Crippen molar-refractivity contribution in [3.63, 3.8) is 0 Å². The van der Waals surface area contributed by atoms with Crippen LogP contribution in [0.3, 0.4) is 0 Å². The van der Waals surface area contributed by atoms with Gasteiger partial charge < -0.3 is 4.74 Å². The fraction of sp³-hybridized carbons (Fsp3) is 0.214. The van der Waals surface area contributed by atoms with Gasteiger partial charge in [0.1, 0.15) is 5.75 Å². The van der Waals surface area contributed by atoms with E-state index in [1.54, 1.807) is 30.5 Å². The van der Waals surface area contributed by atoms with Crippen LogP contribution < -0.4 is 9.46 Å². The monoisotopic (exact) mass is 292 g/mol. The summed E-state index contributed by atoms with van der Waals surface area (Å²) in [5.41, 5.74) is 0.429. The van der Waals surface area contributed by atoms with Crippen LogP contribution in [0.5, 0.6) is 5.75 Å². The number of ether oxygens (including phenoxy) is 1. The van der Waals surface area contributed by atoms with Crippen molar-refractivity contribution < 1.29 is 13.2 Å². The van der Waals surface area contributed by atoms with Crippen molar-refractivity contribution in [3.8, 4) is 5.75 Å². The smallest absolute Gasteiger partial charge is 0.261 e. The highest BCUT2D eigenvalue weighted by molar-refractivity contribution is 7.92. The maximum absolute atomic E-state index is 12.1. The van der Waals surface area contributed by atoms with Crippen LogP contribution in [0.15, 0.2) is 53.7 Å². The van der Waals surface area contributed by atoms with Gasteiger partial charge in [-0.05, 0) is 42.8 Å². The molecule has 0 radical (unpaired) electrons. The van der Waals surface area contributed by atoms with Crippen LogP contribution in [0.25, 0.3) is 0 Å². The van der Waals surface area contributed by atoms with E-state index in [0.29, 0.717) is 18.0 Å². The molecule has 0 aliphatic rings. The lowest BCUT2D eigenvalue weighted by Crippen LogP contribution is -2.12. The van der Waals surface area contributed by atoms with E-state index in [1.165, 1.54) is 18.3 Å². The first-order chi connectivity index (χ1) is 9.62. The standard InChI is InChI=1S/C14H16N2O3S/c1-2-10-19-13-5-7-14(8-6-13)20(17,18)16-12-4-3-9-15-11-12/h3-9,11,16H,2,10H2,1H3. The van der Waals surface area contributed by atoms with Crippen molar-refractivity contribution in [1.29, 1.82) is 0 Å². The summed E-state index contributed by atoms with van der Waals surface area (Å²) < 4.78 is 32.2. The minimum Gasteiger partial charge on any atom is -0.494 e. The van der Waals surface area contributed by atoms with E-state index in [2.05, 4.69) is 9.71 Å². The van der Waals surface area contributed by atoms with Crippen molar-refractivity contribution in [2.75, 3.05) is 11.3 Å². The molecule has 0 saturated heterocycles. The zero-order valence-electron chi connectivity index (χ0n) is 11.1. The van der Waals surface area contributed by atoms with E-state index >= 15 is 0 Å². The highest BCUT2D eigenvalue weighted by Crippen LogP contribution is 2.18. The molecule has 106 valence electrons. The van der Waals surface area contributed by atoms with Crippen LogP contribution in [0.1, 0.15) is 13.3 Å². The third-order valence-corrected chi connectivity index (χ3v) is 3.92. The fourth-order valence-electron chi connectivity index (χ4n) is 1.57. The molecule has 1 aromatic carbocycles. The number of nitrogens with zero attached hydrogens (tertiary/aromatic N) is 1. The number of benzene rings is 1. The summed E-state index contributed by atoms with van der Waals surface area (Å²) in [6.07, 6.45) is 3.94. The Morgan fingerprint density at radius 3 is 2.55 bits per heavy atom. The lowest BCUT2D eigenvalue weighted by atomic mass is 10.3. The molecule has 1 aromatic heterocycles. The minimum atomic E-state index is -3.60. The Bertz CT molecular complexity index is 640. The average molecular weight is 292 g/mol. The quantitative estimate of drug-likeness (QED) is 0.888. The average Bonchev–Trinajstić information content (AvgIpc) is 2.46. The second-order valence-electron chi connectivity index (χ2n) is 4.17. The van der Waals surface area contributed by atoms with E-state index < -0.39 is 10.0 Å². The Morgan fingerprint density at radius 1 is 1.20 bits per heavy atom. The molecule has 0 amide bonds. The zero-order chi connectivity index (χ0) is 14.4. The predicted molar refractivity (Wildman–Crippen MR) is 77.3 cm³/mol. The molecule has 0 unspecified atom stereocenters. The second-order valence-corrected chi connectivity index (χ2v) is 5.85. The highest BCUT2D eigenvalue weighted by atomic mass is 32.2. The fourth-order valence-corrected chi connectivity index (χ4v) is 2.62. The van der Waals surface area contributed by atoms with Gasteiger partial charge in [-0.1, -0.05) is 6.92 Å². The number of pyridine rings is 1. The van der Waals surface area contributed by atoms with Gasteiger partial charge in [-0.3, -0.25) is 9.71 Å². The molecule has 2 rings (SSSR count). The largest absolute Gasteiger partial charge is 0.494 e. The van der Waals surface area contributed by atoms with Crippen LogP contribution in [0.4, 0.5) is 5.69 Å². The maximum atomic E-state index is 12.1. The molecule has 0 atom stereocenters. The number of rotatable bonds is 6. The van der Waals surface area contributed by atoms with Gasteiger partial charge in [0.25, 0.3) is 10.0 Å². The zero-order valence-corrected chi connectivity index (χ0v) is 11.9. The van der Waals surface area contributed by atoms with E-state index in [0.717, 1.165) is 6.42 Å². The van der Waals surface area contributed by atoms with Gasteiger partial charge in [0, 0.05) is 6.20 Å². The van der Waals surface area contributed by atoms with Crippen molar-refractivity contribution >= 4 is 15.7 Å². The molecule has 0 aliphatic heterocycles. The topological polar surface area (TPSA) is 68.3 Å². The molecule has 5 nitrogen and oxygen atoms in total. The Balaban J connectivity index is 2.13. The van der Waals surface area contributed by atoms with Crippen molar-refractivity contribution in [2.45, 2.75) is 18.2 Å². The van der Waals surface area contributed by atoms with Gasteiger partial charge >= 0.3 is 0 Å². The summed E-state index contributed by atoms with van der Waals surface area (Å²) >= 11 is 0. The van der Waals surface area contributed by atoms with E-state index in [4.69, 9.17) is 4.74 Å². The van der Waals surface area contributed by atoms with E-state index in [9.17, 15) is 8.42 Å². The molecule has 1 heterocycles. The van der Waals surface area contributed by atoms with Crippen LogP contribution in [0.2, 0.25) is 0 Å². The van der Waals surface area contributed by atoms with Gasteiger partial charge in [-0.25, -0.2) is 8.42 Å². The molecule has 0 aliphatic carbocycles. The number of sulfonamides is 1. The van der Waals surface area contributed by atoms with Crippen LogP contribution in [-0.4, -0.2) is 20.0 Å². The molecule has 0 spiro atoms. The number of hydrogen-bond acceptors (Lipinski definition) is 4. The summed E-state index contributed by atoms with van der Waals surface area (Å²) in [6, 6.07) is 9.64.